The van der Waals surface area contributed by atoms with Gasteiger partial charge in [0.05, 0.1) is 23.8 Å². The van der Waals surface area contributed by atoms with Crippen LogP contribution in [0.2, 0.25) is 0 Å². The lowest BCUT2D eigenvalue weighted by Gasteiger charge is -2.13. The van der Waals surface area contributed by atoms with Gasteiger partial charge in [0.15, 0.2) is 0 Å². The van der Waals surface area contributed by atoms with E-state index in [-0.39, 0.29) is 5.82 Å². The summed E-state index contributed by atoms with van der Waals surface area (Å²) in [5.74, 6) is -0.294. The Kier molecular flexibility index (Phi) is 3.87. The van der Waals surface area contributed by atoms with Gasteiger partial charge in [-0.2, -0.15) is 0 Å². The standard InChI is InChI=1S/C16H14BrFO2/c17-14-5-10(1-4-15(14)18)6-16(19)11-2-3-12-8-20-9-13(12)7-11/h1-5,7,16,19H,6,8-9H2. The largest absolute Gasteiger partial charge is 0.388 e. The van der Waals surface area contributed by atoms with Gasteiger partial charge in [-0.1, -0.05) is 24.3 Å². The Bertz CT molecular complexity index is 642. The van der Waals surface area contributed by atoms with E-state index in [4.69, 9.17) is 4.74 Å². The van der Waals surface area contributed by atoms with Crippen molar-refractivity contribution in [2.45, 2.75) is 25.7 Å². The topological polar surface area (TPSA) is 29.5 Å². The number of hydrogen-bond acceptors (Lipinski definition) is 2. The molecule has 0 aromatic heterocycles. The van der Waals surface area contributed by atoms with Crippen LogP contribution >= 0.6 is 15.9 Å². The second-order valence-corrected chi connectivity index (χ2v) is 5.84. The van der Waals surface area contributed by atoms with Crippen molar-refractivity contribution in [3.8, 4) is 0 Å². The molecule has 1 aliphatic rings. The summed E-state index contributed by atoms with van der Waals surface area (Å²) in [6.07, 6.45) is -0.142. The number of hydrogen-bond donors (Lipinski definition) is 1. The molecule has 0 aliphatic carbocycles. The molecular weight excluding hydrogens is 323 g/mol. The second kappa shape index (κ2) is 5.64. The molecule has 0 radical (unpaired) electrons. The van der Waals surface area contributed by atoms with Crippen molar-refractivity contribution in [1.29, 1.82) is 0 Å². The first-order valence-electron chi connectivity index (χ1n) is 6.45. The van der Waals surface area contributed by atoms with E-state index in [0.29, 0.717) is 24.1 Å². The number of aliphatic hydroxyl groups excluding tert-OH is 1. The fraction of sp³-hybridized carbons (Fsp3) is 0.250. The smallest absolute Gasteiger partial charge is 0.137 e. The molecule has 2 aromatic rings. The Morgan fingerprint density at radius 3 is 2.75 bits per heavy atom. The summed E-state index contributed by atoms with van der Waals surface area (Å²) >= 11 is 3.16. The van der Waals surface area contributed by atoms with Gasteiger partial charge in [0.1, 0.15) is 5.82 Å². The lowest BCUT2D eigenvalue weighted by atomic mass is 9.98. The van der Waals surface area contributed by atoms with Gasteiger partial charge in [0, 0.05) is 6.42 Å². The average molecular weight is 337 g/mol. The number of aliphatic hydroxyl groups is 1. The van der Waals surface area contributed by atoms with Crippen molar-refractivity contribution in [3.63, 3.8) is 0 Å². The Balaban J connectivity index is 1.78. The lowest BCUT2D eigenvalue weighted by molar-refractivity contribution is 0.134. The van der Waals surface area contributed by atoms with Gasteiger partial charge >= 0.3 is 0 Å². The molecule has 3 rings (SSSR count). The minimum atomic E-state index is -0.599. The van der Waals surface area contributed by atoms with Crippen LogP contribution in [0.3, 0.4) is 0 Å². The Morgan fingerprint density at radius 1 is 1.15 bits per heavy atom. The highest BCUT2D eigenvalue weighted by Gasteiger charge is 2.15. The maximum absolute atomic E-state index is 13.2. The number of halogens is 2. The molecule has 1 heterocycles. The maximum Gasteiger partial charge on any atom is 0.137 e. The van der Waals surface area contributed by atoms with Gasteiger partial charge in [0.2, 0.25) is 0 Å². The van der Waals surface area contributed by atoms with Gasteiger partial charge in [-0.25, -0.2) is 4.39 Å². The maximum atomic E-state index is 13.2. The van der Waals surface area contributed by atoms with Crippen molar-refractivity contribution < 1.29 is 14.2 Å². The molecule has 0 fully saturated rings. The number of fused-ring (bicyclic) bond motifs is 1. The molecule has 20 heavy (non-hydrogen) atoms. The predicted octanol–water partition coefficient (Wildman–Crippen LogP) is 3.89. The van der Waals surface area contributed by atoms with E-state index < -0.39 is 6.10 Å². The predicted molar refractivity (Wildman–Crippen MR) is 77.7 cm³/mol. The van der Waals surface area contributed by atoms with Gasteiger partial charge in [-0.05, 0) is 50.3 Å². The second-order valence-electron chi connectivity index (χ2n) is 4.99. The van der Waals surface area contributed by atoms with E-state index in [1.54, 1.807) is 12.1 Å². The van der Waals surface area contributed by atoms with E-state index in [2.05, 4.69) is 15.9 Å². The first-order valence-corrected chi connectivity index (χ1v) is 7.24. The van der Waals surface area contributed by atoms with Crippen molar-refractivity contribution in [2.75, 3.05) is 0 Å². The molecule has 0 spiro atoms. The molecule has 104 valence electrons. The average Bonchev–Trinajstić information content (AvgIpc) is 2.90. The van der Waals surface area contributed by atoms with Crippen LogP contribution in [0.25, 0.3) is 0 Å². The van der Waals surface area contributed by atoms with E-state index in [1.165, 1.54) is 11.6 Å². The van der Waals surface area contributed by atoms with Crippen molar-refractivity contribution in [3.05, 3.63) is 68.9 Å². The molecule has 1 unspecified atom stereocenters. The number of rotatable bonds is 3. The van der Waals surface area contributed by atoms with Crippen LogP contribution in [-0.2, 0) is 24.4 Å². The van der Waals surface area contributed by atoms with Crippen LogP contribution in [0, 0.1) is 5.82 Å². The highest BCUT2D eigenvalue weighted by Crippen LogP contribution is 2.26. The summed E-state index contributed by atoms with van der Waals surface area (Å²) in [6.45, 7) is 1.26. The van der Waals surface area contributed by atoms with Crippen LogP contribution in [0.1, 0.15) is 28.4 Å². The third kappa shape index (κ3) is 2.77. The monoisotopic (exact) mass is 336 g/mol. The highest BCUT2D eigenvalue weighted by molar-refractivity contribution is 9.10. The van der Waals surface area contributed by atoms with Crippen LogP contribution in [-0.4, -0.2) is 5.11 Å². The summed E-state index contributed by atoms with van der Waals surface area (Å²) in [6, 6.07) is 10.7. The van der Waals surface area contributed by atoms with Crippen molar-refractivity contribution in [2.24, 2.45) is 0 Å². The molecule has 0 amide bonds. The summed E-state index contributed by atoms with van der Waals surface area (Å²) in [5.41, 5.74) is 4.09. The van der Waals surface area contributed by atoms with Gasteiger partial charge in [-0.15, -0.1) is 0 Å². The van der Waals surface area contributed by atoms with Crippen molar-refractivity contribution in [1.82, 2.24) is 0 Å². The Hall–Kier alpha value is -1.23. The SMILES string of the molecule is OC(Cc1ccc(F)c(Br)c1)c1ccc2c(c1)COC2. The van der Waals surface area contributed by atoms with E-state index in [9.17, 15) is 9.50 Å². The molecule has 1 atom stereocenters. The zero-order chi connectivity index (χ0) is 14.1. The zero-order valence-corrected chi connectivity index (χ0v) is 12.4. The summed E-state index contributed by atoms with van der Waals surface area (Å²) < 4.78 is 19.0. The van der Waals surface area contributed by atoms with E-state index in [0.717, 1.165) is 16.7 Å². The van der Waals surface area contributed by atoms with Gasteiger partial charge in [-0.3, -0.25) is 0 Å². The molecule has 2 nitrogen and oxygen atoms in total. The molecule has 1 N–H and O–H groups in total. The Labute approximate surface area is 125 Å². The van der Waals surface area contributed by atoms with Crippen LogP contribution in [0.15, 0.2) is 40.9 Å². The first-order chi connectivity index (χ1) is 9.63. The van der Waals surface area contributed by atoms with Gasteiger partial charge in [0.25, 0.3) is 0 Å². The summed E-state index contributed by atoms with van der Waals surface area (Å²) in [7, 11) is 0. The highest BCUT2D eigenvalue weighted by atomic mass is 79.9. The van der Waals surface area contributed by atoms with Crippen LogP contribution < -0.4 is 0 Å². The summed E-state index contributed by atoms with van der Waals surface area (Å²) in [5, 5.41) is 10.3. The summed E-state index contributed by atoms with van der Waals surface area (Å²) in [4.78, 5) is 0. The molecule has 2 aromatic carbocycles. The third-order valence-electron chi connectivity index (χ3n) is 3.54. The van der Waals surface area contributed by atoms with E-state index >= 15 is 0 Å². The third-order valence-corrected chi connectivity index (χ3v) is 4.15. The molecule has 0 saturated carbocycles. The minimum absolute atomic E-state index is 0.294. The molecule has 0 bridgehead atoms. The number of ether oxygens (including phenoxy) is 1. The molecule has 0 saturated heterocycles. The molecule has 4 heteroatoms. The van der Waals surface area contributed by atoms with E-state index in [1.807, 2.05) is 18.2 Å². The molecule has 1 aliphatic heterocycles. The fourth-order valence-electron chi connectivity index (χ4n) is 2.41. The lowest BCUT2D eigenvalue weighted by Crippen LogP contribution is -2.03. The number of benzene rings is 2. The van der Waals surface area contributed by atoms with Gasteiger partial charge < -0.3 is 9.84 Å². The normalized spacial score (nSPS) is 15.2. The zero-order valence-electron chi connectivity index (χ0n) is 10.8. The molecular formula is C16H14BrFO2. The van der Waals surface area contributed by atoms with Crippen molar-refractivity contribution >= 4 is 15.9 Å². The first kappa shape index (κ1) is 13.7. The van der Waals surface area contributed by atoms with Crippen LogP contribution in [0.5, 0.6) is 0 Å². The Morgan fingerprint density at radius 2 is 1.95 bits per heavy atom. The van der Waals surface area contributed by atoms with Crippen LogP contribution in [0.4, 0.5) is 4.39 Å². The quantitative estimate of drug-likeness (QED) is 0.921. The fourth-order valence-corrected chi connectivity index (χ4v) is 2.83. The minimum Gasteiger partial charge on any atom is -0.388 e.